The van der Waals surface area contributed by atoms with Crippen LogP contribution in [0, 0.1) is 23.2 Å². The minimum atomic E-state index is -4.60. The van der Waals surface area contributed by atoms with E-state index in [0.29, 0.717) is 89.1 Å². The minimum absolute atomic E-state index is 0.0609. The first-order chi connectivity index (χ1) is 46.6. The highest BCUT2D eigenvalue weighted by molar-refractivity contribution is 7.85. The summed E-state index contributed by atoms with van der Waals surface area (Å²) in [4.78, 5) is 100. The Labute approximate surface area is 566 Å². The normalized spacial score (nSPS) is 24.9. The Morgan fingerprint density at radius 2 is 1.58 bits per heavy atom. The number of para-hydroxylation sites is 1. The summed E-state index contributed by atoms with van der Waals surface area (Å²) in [5.41, 5.74) is 3.10. The van der Waals surface area contributed by atoms with E-state index in [1.54, 1.807) is 36.5 Å². The number of fused-ring (bicyclic) bond motifs is 2. The lowest BCUT2D eigenvalue weighted by Gasteiger charge is -2.69. The highest BCUT2D eigenvalue weighted by atomic mass is 32.2. The van der Waals surface area contributed by atoms with Crippen LogP contribution in [0.2, 0.25) is 0 Å². The van der Waals surface area contributed by atoms with Gasteiger partial charge in [-0.05, 0) is 140 Å². The number of rotatable bonds is 26. The number of imide groups is 1. The van der Waals surface area contributed by atoms with Crippen molar-refractivity contribution in [3.05, 3.63) is 137 Å². The molecular weight excluding hydrogens is 1310 g/mol. The average molecular weight is 1380 g/mol. The summed E-state index contributed by atoms with van der Waals surface area (Å²) in [6.45, 7) is 5.38. The van der Waals surface area contributed by atoms with Crippen LogP contribution in [-0.4, -0.2) is 185 Å². The maximum Gasteiger partial charge on any atom is 0.410 e. The van der Waals surface area contributed by atoms with E-state index in [1.807, 2.05) is 60.1 Å². The van der Waals surface area contributed by atoms with Gasteiger partial charge in [-0.2, -0.15) is 13.5 Å². The number of benzene rings is 4. The van der Waals surface area contributed by atoms with Gasteiger partial charge in [0.1, 0.15) is 31.1 Å². The summed E-state index contributed by atoms with van der Waals surface area (Å²) in [5.74, 6) is -5.88. The van der Waals surface area contributed by atoms with Gasteiger partial charge in [0, 0.05) is 71.8 Å². The zero-order valence-electron chi connectivity index (χ0n) is 53.8. The maximum atomic E-state index is 14.2. The van der Waals surface area contributed by atoms with Crippen LogP contribution in [0.3, 0.4) is 0 Å². The number of aliphatic carboxylic acids is 1. The van der Waals surface area contributed by atoms with Crippen LogP contribution in [-0.2, 0) is 63.1 Å². The number of aliphatic hydroxyl groups is 3. The third-order valence-electron chi connectivity index (χ3n) is 19.2. The topological polar surface area (TPSA) is 386 Å². The van der Waals surface area contributed by atoms with Gasteiger partial charge in [-0.15, -0.1) is 0 Å². The molecule has 2 aliphatic heterocycles. The van der Waals surface area contributed by atoms with Crippen molar-refractivity contribution in [3.63, 3.8) is 0 Å². The van der Waals surface area contributed by atoms with Gasteiger partial charge < -0.3 is 54.7 Å². The van der Waals surface area contributed by atoms with E-state index in [2.05, 4.69) is 29.5 Å². The standard InChI is InChI=1S/C69H74N8O19S2/c1-39-47(44-18-19-48(72-55(44)61(84)85)42-17-16-41-10-8-11-45(46(41)28-42)60(83)74-64-73-49-12-4-5-13-51(49)97-64)29-71-77(39)38-68-33-66(2)32-67(3,34-68)36-69(35-66,37-68)94-25-23-75(24-26-98(90,91)92)65(89)93-31-43-15-14-40(9-6-7-22-70-52(78)30-76-53(79)20-21-54(76)80)27-50(43)95-59-57(82)56(81)58(62(86)87)96-63(59)88/h4-5,8,10-21,27-29,56-59,63,81-82,88H,6-7,9,22-26,30-38H2,1-3H3,(H,70,78)(H,84,85)(H,86,87)(H,73,74,83)(H,90,91,92)/t56-,57-,58-,59+,63+,66?,67?,68?,69?/m0/s1. The van der Waals surface area contributed by atoms with Crippen LogP contribution in [0.1, 0.15) is 103 Å². The molecule has 4 aromatic carbocycles. The molecule has 29 heteroatoms. The number of nitrogens with one attached hydrogen (secondary N) is 2. The molecule has 6 aliphatic rings. The van der Waals surface area contributed by atoms with Crippen LogP contribution in [0.4, 0.5) is 9.93 Å². The Hall–Kier alpha value is -9.07. The molecule has 516 valence electrons. The lowest BCUT2D eigenvalue weighted by Crippen LogP contribution is -2.64. The highest BCUT2D eigenvalue weighted by Gasteiger charge is 2.66. The number of aryl methyl sites for hydroxylation is 1. The Morgan fingerprint density at radius 1 is 0.827 bits per heavy atom. The number of hydrogen-bond acceptors (Lipinski definition) is 20. The van der Waals surface area contributed by atoms with E-state index in [9.17, 15) is 72.1 Å². The molecule has 0 spiro atoms. The number of carboxylic acid groups (broad SMARTS) is 2. The van der Waals surface area contributed by atoms with Crippen molar-refractivity contribution in [2.45, 2.75) is 128 Å². The molecule has 5 fully saturated rings. The number of carbonyl (C=O) groups is 7. The van der Waals surface area contributed by atoms with Gasteiger partial charge in [0.15, 0.2) is 29.3 Å². The molecule has 7 atom stereocenters. The van der Waals surface area contributed by atoms with Crippen molar-refractivity contribution in [1.82, 2.24) is 34.9 Å². The van der Waals surface area contributed by atoms with E-state index in [4.69, 9.17) is 29.0 Å². The molecule has 0 radical (unpaired) electrons. The largest absolute Gasteiger partial charge is 0.482 e. The average Bonchev–Trinajstić information content (AvgIpc) is 1.03. The second kappa shape index (κ2) is 27.3. The SMILES string of the molecule is Cc1c(-c2ccc(-c3ccc4cccc(C(=O)Nc5nc6ccccc6s5)c4c3)nc2C(=O)O)cnn1CC12CC3(C)CC(C)(C1)CC(OCCN(CCS(=O)(=O)O)C(=O)OCc1ccc(CCCCNC(=O)CN4C(=O)C=CC4=O)cc1O[C@@H]1[C@@H](O)[C@H](O)[C@@H](C(=O)O)O[C@H]1O)(C3)C2. The molecule has 5 heterocycles. The molecule has 8 N–H and O–H groups in total. The van der Waals surface area contributed by atoms with Gasteiger partial charge in [0.25, 0.3) is 27.8 Å². The molecule has 5 amide bonds. The predicted molar refractivity (Wildman–Crippen MR) is 354 cm³/mol. The molecule has 3 aromatic heterocycles. The van der Waals surface area contributed by atoms with Gasteiger partial charge in [0.05, 0.1) is 40.1 Å². The predicted octanol–water partition coefficient (Wildman–Crippen LogP) is 6.93. The van der Waals surface area contributed by atoms with E-state index >= 15 is 0 Å². The van der Waals surface area contributed by atoms with E-state index in [-0.39, 0.29) is 58.9 Å². The van der Waals surface area contributed by atoms with Gasteiger partial charge in [-0.3, -0.25) is 38.6 Å². The first-order valence-corrected chi connectivity index (χ1v) is 34.5. The molecular formula is C69H74N8O19S2. The zero-order chi connectivity index (χ0) is 69.6. The zero-order valence-corrected chi connectivity index (χ0v) is 55.4. The van der Waals surface area contributed by atoms with Gasteiger partial charge in [-0.1, -0.05) is 73.7 Å². The fraction of sp³-hybridized carbons (Fsp3) is 0.420. The Balaban J connectivity index is 0.721. The number of unbranched alkanes of at least 4 members (excludes halogenated alkanes) is 1. The molecule has 7 aromatic rings. The summed E-state index contributed by atoms with van der Waals surface area (Å²) >= 11 is 1.37. The number of anilines is 1. The number of aliphatic hydroxyl groups excluding tert-OH is 3. The van der Waals surface area contributed by atoms with Gasteiger partial charge in [-0.25, -0.2) is 24.4 Å². The van der Waals surface area contributed by atoms with Crippen molar-refractivity contribution in [1.29, 1.82) is 0 Å². The molecule has 4 bridgehead atoms. The number of carbonyl (C=O) groups excluding carboxylic acids is 5. The fourth-order valence-electron chi connectivity index (χ4n) is 16.0. The third kappa shape index (κ3) is 14.8. The van der Waals surface area contributed by atoms with Gasteiger partial charge >= 0.3 is 18.0 Å². The van der Waals surface area contributed by atoms with E-state index in [0.717, 1.165) is 62.5 Å². The lowest BCUT2D eigenvalue weighted by atomic mass is 9.39. The Bertz CT molecular complexity index is 4410. The monoisotopic (exact) mass is 1380 g/mol. The van der Waals surface area contributed by atoms with Crippen molar-refractivity contribution in [2.24, 2.45) is 16.2 Å². The van der Waals surface area contributed by atoms with Crippen LogP contribution >= 0.6 is 11.3 Å². The molecule has 4 aliphatic carbocycles. The second-order valence-electron chi connectivity index (χ2n) is 27.1. The van der Waals surface area contributed by atoms with Crippen molar-refractivity contribution < 1.29 is 91.0 Å². The smallest absolute Gasteiger partial charge is 0.410 e. The van der Waals surface area contributed by atoms with E-state index < -0.39 is 108 Å². The van der Waals surface area contributed by atoms with Crippen molar-refractivity contribution >= 4 is 89.2 Å². The first kappa shape index (κ1) is 68.9. The summed E-state index contributed by atoms with van der Waals surface area (Å²) in [7, 11) is -4.60. The Morgan fingerprint density at radius 3 is 2.31 bits per heavy atom. The number of aromatic nitrogens is 4. The summed E-state index contributed by atoms with van der Waals surface area (Å²) in [6, 6.07) is 26.8. The minimum Gasteiger partial charge on any atom is -0.482 e. The quantitative estimate of drug-likeness (QED) is 0.0155. The van der Waals surface area contributed by atoms with E-state index in [1.165, 1.54) is 23.5 Å². The molecule has 27 nitrogen and oxygen atoms in total. The number of aromatic carboxylic acids is 1. The van der Waals surface area contributed by atoms with Crippen LogP contribution in [0.15, 0.2) is 109 Å². The molecule has 98 heavy (non-hydrogen) atoms. The number of pyridine rings is 1. The maximum absolute atomic E-state index is 14.2. The number of hydrogen-bond donors (Lipinski definition) is 8. The summed E-state index contributed by atoms with van der Waals surface area (Å²) in [5, 5.41) is 65.2. The summed E-state index contributed by atoms with van der Waals surface area (Å²) in [6.07, 6.45) is -1.07. The van der Waals surface area contributed by atoms with Crippen LogP contribution < -0.4 is 15.4 Å². The molecule has 1 saturated heterocycles. The number of nitrogens with zero attached hydrogens (tertiary/aromatic N) is 6. The highest BCUT2D eigenvalue weighted by Crippen LogP contribution is 2.72. The number of amides is 5. The number of carboxylic acids is 2. The lowest BCUT2D eigenvalue weighted by molar-refractivity contribution is -0.274. The van der Waals surface area contributed by atoms with Crippen molar-refractivity contribution in [2.75, 3.05) is 43.9 Å². The van der Waals surface area contributed by atoms with Crippen LogP contribution in [0.25, 0.3) is 43.4 Å². The summed E-state index contributed by atoms with van der Waals surface area (Å²) < 4.78 is 61.0. The van der Waals surface area contributed by atoms with Crippen molar-refractivity contribution in [3.8, 4) is 28.1 Å². The number of ether oxygens (including phenoxy) is 4. The third-order valence-corrected chi connectivity index (χ3v) is 20.8. The molecule has 13 rings (SSSR count). The fourth-order valence-corrected chi connectivity index (χ4v) is 17.3. The van der Waals surface area contributed by atoms with Crippen LogP contribution in [0.5, 0.6) is 5.75 Å². The molecule has 2 unspecified atom stereocenters. The number of thiazole rings is 1. The second-order valence-corrected chi connectivity index (χ2v) is 29.7. The Kier molecular flexibility index (Phi) is 19.2. The molecule has 4 saturated carbocycles. The first-order valence-electron chi connectivity index (χ1n) is 32.1. The van der Waals surface area contributed by atoms with Gasteiger partial charge in [0.2, 0.25) is 5.91 Å².